The quantitative estimate of drug-likeness (QED) is 0.806. The van der Waals surface area contributed by atoms with Crippen molar-refractivity contribution in [2.24, 2.45) is 11.7 Å². The molecule has 1 atom stereocenters. The third kappa shape index (κ3) is 4.09. The van der Waals surface area contributed by atoms with E-state index in [9.17, 15) is 4.79 Å². The maximum absolute atomic E-state index is 12.6. The molecular weight excluding hydrogens is 260 g/mol. The number of nitrogens with two attached hydrogens (primary N) is 1. The second-order valence-corrected chi connectivity index (χ2v) is 5.86. The predicted octanol–water partition coefficient (Wildman–Crippen LogP) is 2.57. The number of aryl methyl sites for hydroxylation is 1. The third-order valence-corrected chi connectivity index (χ3v) is 4.10. The summed E-state index contributed by atoms with van der Waals surface area (Å²) in [7, 11) is 0. The number of benzene rings is 1. The van der Waals surface area contributed by atoms with Gasteiger partial charge in [0.05, 0.1) is 6.54 Å². The van der Waals surface area contributed by atoms with Gasteiger partial charge in [-0.2, -0.15) is 0 Å². The molecule has 0 saturated carbocycles. The number of carbonyl (C=O) groups is 1. The molecule has 1 heterocycles. The van der Waals surface area contributed by atoms with Crippen molar-refractivity contribution in [3.63, 3.8) is 0 Å². The van der Waals surface area contributed by atoms with Gasteiger partial charge in [0.2, 0.25) is 0 Å². The zero-order valence-electron chi connectivity index (χ0n) is 13.0. The molecule has 1 unspecified atom stereocenters. The first-order chi connectivity index (χ1) is 10.1. The molecule has 0 aromatic heterocycles. The Bertz CT molecular complexity index is 568. The minimum Gasteiger partial charge on any atom is -0.339 e. The summed E-state index contributed by atoms with van der Waals surface area (Å²) in [5.74, 6) is 6.75. The standard InChI is InChI=1S/C18H24N2O/c1-14-5-4-11-20(12-9-14)18(21)17-8-7-16(6-3-10-19)15(2)13-17/h7-8,13-14H,4-5,9-12,19H2,1-2H3. The van der Waals surface area contributed by atoms with Crippen LogP contribution in [0.4, 0.5) is 0 Å². The molecule has 1 amide bonds. The third-order valence-electron chi connectivity index (χ3n) is 4.10. The second kappa shape index (κ2) is 7.28. The molecule has 1 saturated heterocycles. The summed E-state index contributed by atoms with van der Waals surface area (Å²) in [5.41, 5.74) is 8.14. The Labute approximate surface area is 127 Å². The minimum atomic E-state index is 0.144. The van der Waals surface area contributed by atoms with Crippen molar-refractivity contribution in [1.29, 1.82) is 0 Å². The second-order valence-electron chi connectivity index (χ2n) is 5.86. The van der Waals surface area contributed by atoms with Crippen LogP contribution in [0.25, 0.3) is 0 Å². The predicted molar refractivity (Wildman–Crippen MR) is 86.0 cm³/mol. The van der Waals surface area contributed by atoms with E-state index in [1.54, 1.807) is 0 Å². The fourth-order valence-electron chi connectivity index (χ4n) is 2.73. The van der Waals surface area contributed by atoms with Crippen molar-refractivity contribution >= 4 is 5.91 Å². The lowest BCUT2D eigenvalue weighted by molar-refractivity contribution is 0.0760. The number of likely N-dealkylation sites (tertiary alicyclic amines) is 1. The maximum Gasteiger partial charge on any atom is 0.253 e. The largest absolute Gasteiger partial charge is 0.339 e. The molecule has 0 aliphatic carbocycles. The summed E-state index contributed by atoms with van der Waals surface area (Å²) < 4.78 is 0. The molecule has 1 aliphatic heterocycles. The average Bonchev–Trinajstić information content (AvgIpc) is 2.70. The smallest absolute Gasteiger partial charge is 0.253 e. The molecular formula is C18H24N2O. The minimum absolute atomic E-state index is 0.144. The van der Waals surface area contributed by atoms with Crippen LogP contribution in [0.1, 0.15) is 47.7 Å². The fourth-order valence-corrected chi connectivity index (χ4v) is 2.73. The Kier molecular flexibility index (Phi) is 5.41. The van der Waals surface area contributed by atoms with Gasteiger partial charge in [-0.25, -0.2) is 0 Å². The van der Waals surface area contributed by atoms with Gasteiger partial charge in [0, 0.05) is 24.2 Å². The molecule has 1 aliphatic rings. The van der Waals surface area contributed by atoms with Gasteiger partial charge in [-0.05, 0) is 55.9 Å². The molecule has 112 valence electrons. The molecule has 1 aromatic rings. The number of rotatable bonds is 1. The van der Waals surface area contributed by atoms with Crippen molar-refractivity contribution in [2.45, 2.75) is 33.1 Å². The van der Waals surface area contributed by atoms with Gasteiger partial charge in [-0.3, -0.25) is 4.79 Å². The van der Waals surface area contributed by atoms with Crippen molar-refractivity contribution < 1.29 is 4.79 Å². The SMILES string of the molecule is Cc1cc(C(=O)N2CCCC(C)CC2)ccc1C#CCN. The Balaban J connectivity index is 2.14. The van der Waals surface area contributed by atoms with Gasteiger partial charge < -0.3 is 10.6 Å². The lowest BCUT2D eigenvalue weighted by Gasteiger charge is -2.20. The Morgan fingerprint density at radius 3 is 2.90 bits per heavy atom. The van der Waals surface area contributed by atoms with Crippen LogP contribution in [0.5, 0.6) is 0 Å². The summed E-state index contributed by atoms with van der Waals surface area (Å²) in [5, 5.41) is 0. The summed E-state index contributed by atoms with van der Waals surface area (Å²) >= 11 is 0. The van der Waals surface area contributed by atoms with Gasteiger partial charge in [0.1, 0.15) is 0 Å². The number of nitrogens with zero attached hydrogens (tertiary/aromatic N) is 1. The van der Waals surface area contributed by atoms with E-state index in [-0.39, 0.29) is 5.91 Å². The van der Waals surface area contributed by atoms with E-state index in [2.05, 4.69) is 18.8 Å². The van der Waals surface area contributed by atoms with Crippen LogP contribution in [0, 0.1) is 24.7 Å². The van der Waals surface area contributed by atoms with Crippen molar-refractivity contribution in [3.8, 4) is 11.8 Å². The summed E-state index contributed by atoms with van der Waals surface area (Å²) in [6.45, 7) is 6.35. The molecule has 2 N–H and O–H groups in total. The number of hydrogen-bond acceptors (Lipinski definition) is 2. The summed E-state index contributed by atoms with van der Waals surface area (Å²) in [6.07, 6.45) is 3.42. The van der Waals surface area contributed by atoms with E-state index in [1.807, 2.05) is 30.0 Å². The Morgan fingerprint density at radius 1 is 1.38 bits per heavy atom. The van der Waals surface area contributed by atoms with Crippen molar-refractivity contribution in [1.82, 2.24) is 4.90 Å². The monoisotopic (exact) mass is 284 g/mol. The first-order valence-corrected chi connectivity index (χ1v) is 7.70. The van der Waals surface area contributed by atoms with Crippen LogP contribution in [0.15, 0.2) is 18.2 Å². The Hall–Kier alpha value is -1.79. The van der Waals surface area contributed by atoms with Crippen molar-refractivity contribution in [3.05, 3.63) is 34.9 Å². The summed E-state index contributed by atoms with van der Waals surface area (Å²) in [6, 6.07) is 5.74. The Morgan fingerprint density at radius 2 is 2.19 bits per heavy atom. The first kappa shape index (κ1) is 15.6. The van der Waals surface area contributed by atoms with Crippen LogP contribution in [0.3, 0.4) is 0 Å². The zero-order chi connectivity index (χ0) is 15.2. The molecule has 3 heteroatoms. The first-order valence-electron chi connectivity index (χ1n) is 7.70. The van der Waals surface area contributed by atoms with E-state index < -0.39 is 0 Å². The van der Waals surface area contributed by atoms with E-state index in [0.29, 0.717) is 6.54 Å². The maximum atomic E-state index is 12.6. The normalized spacial score (nSPS) is 18.6. The van der Waals surface area contributed by atoms with Crippen LogP contribution in [0.2, 0.25) is 0 Å². The molecule has 2 rings (SSSR count). The fraction of sp³-hybridized carbons (Fsp3) is 0.500. The highest BCUT2D eigenvalue weighted by Crippen LogP contribution is 2.19. The number of carbonyl (C=O) groups excluding carboxylic acids is 1. The highest BCUT2D eigenvalue weighted by Gasteiger charge is 2.19. The van der Waals surface area contributed by atoms with Crippen LogP contribution in [-0.2, 0) is 0 Å². The van der Waals surface area contributed by atoms with E-state index in [4.69, 9.17) is 5.73 Å². The molecule has 21 heavy (non-hydrogen) atoms. The number of hydrogen-bond donors (Lipinski definition) is 1. The van der Waals surface area contributed by atoms with Gasteiger partial charge in [0.15, 0.2) is 0 Å². The lowest BCUT2D eigenvalue weighted by Crippen LogP contribution is -2.32. The zero-order valence-corrected chi connectivity index (χ0v) is 13.0. The molecule has 1 aromatic carbocycles. The highest BCUT2D eigenvalue weighted by molar-refractivity contribution is 5.94. The lowest BCUT2D eigenvalue weighted by atomic mass is 10.0. The summed E-state index contributed by atoms with van der Waals surface area (Å²) in [4.78, 5) is 14.6. The van der Waals surface area contributed by atoms with E-state index in [0.717, 1.165) is 48.5 Å². The van der Waals surface area contributed by atoms with Crippen molar-refractivity contribution in [2.75, 3.05) is 19.6 Å². The van der Waals surface area contributed by atoms with E-state index in [1.165, 1.54) is 6.42 Å². The molecule has 3 nitrogen and oxygen atoms in total. The van der Waals surface area contributed by atoms with Gasteiger partial charge in [-0.1, -0.05) is 18.8 Å². The van der Waals surface area contributed by atoms with Crippen LogP contribution >= 0.6 is 0 Å². The number of amides is 1. The van der Waals surface area contributed by atoms with Gasteiger partial charge >= 0.3 is 0 Å². The highest BCUT2D eigenvalue weighted by atomic mass is 16.2. The molecule has 0 bridgehead atoms. The van der Waals surface area contributed by atoms with Gasteiger partial charge in [0.25, 0.3) is 5.91 Å². The van der Waals surface area contributed by atoms with Crippen LogP contribution in [-0.4, -0.2) is 30.4 Å². The average molecular weight is 284 g/mol. The van der Waals surface area contributed by atoms with Gasteiger partial charge in [-0.15, -0.1) is 0 Å². The van der Waals surface area contributed by atoms with E-state index >= 15 is 0 Å². The molecule has 0 radical (unpaired) electrons. The van der Waals surface area contributed by atoms with Crippen LogP contribution < -0.4 is 5.73 Å². The topological polar surface area (TPSA) is 46.3 Å². The molecule has 0 spiro atoms. The molecule has 1 fully saturated rings.